The van der Waals surface area contributed by atoms with Crippen molar-refractivity contribution in [3.8, 4) is 0 Å². The molecule has 0 radical (unpaired) electrons. The van der Waals surface area contributed by atoms with E-state index in [2.05, 4.69) is 15.6 Å². The molecular formula is C14H15N3O. The van der Waals surface area contributed by atoms with E-state index < -0.39 is 0 Å². The Labute approximate surface area is 106 Å². The minimum atomic E-state index is -0.0795. The first-order chi connectivity index (χ1) is 8.86. The normalized spacial score (nSPS) is 10.0. The third-order valence-corrected chi connectivity index (χ3v) is 2.44. The van der Waals surface area contributed by atoms with E-state index in [0.717, 1.165) is 5.69 Å². The highest BCUT2D eigenvalue weighted by molar-refractivity contribution is 5.94. The summed E-state index contributed by atoms with van der Waals surface area (Å²) in [7, 11) is 0. The van der Waals surface area contributed by atoms with E-state index in [-0.39, 0.29) is 5.91 Å². The molecule has 0 bridgehead atoms. The molecule has 2 rings (SSSR count). The lowest BCUT2D eigenvalue weighted by molar-refractivity contribution is 0.0950. The standard InChI is InChI=1S/C14H15N3O/c18-14(12-6-2-1-3-7-12)17-11-15-10-13-8-4-5-9-16-13/h1-9,15H,10-11H2,(H,17,18). The second kappa shape index (κ2) is 6.51. The first kappa shape index (κ1) is 12.3. The topological polar surface area (TPSA) is 54.0 Å². The molecule has 4 nitrogen and oxygen atoms in total. The fraction of sp³-hybridized carbons (Fsp3) is 0.143. The molecule has 0 aliphatic rings. The van der Waals surface area contributed by atoms with Crippen LogP contribution in [0.1, 0.15) is 16.1 Å². The largest absolute Gasteiger partial charge is 0.339 e. The highest BCUT2D eigenvalue weighted by atomic mass is 16.1. The lowest BCUT2D eigenvalue weighted by atomic mass is 10.2. The van der Waals surface area contributed by atoms with E-state index >= 15 is 0 Å². The number of carbonyl (C=O) groups excluding carboxylic acids is 1. The van der Waals surface area contributed by atoms with Gasteiger partial charge in [-0.25, -0.2) is 0 Å². The predicted molar refractivity (Wildman–Crippen MR) is 69.9 cm³/mol. The molecule has 18 heavy (non-hydrogen) atoms. The van der Waals surface area contributed by atoms with Crippen molar-refractivity contribution < 1.29 is 4.79 Å². The number of carbonyl (C=O) groups is 1. The van der Waals surface area contributed by atoms with Gasteiger partial charge in [-0.15, -0.1) is 0 Å². The fourth-order valence-electron chi connectivity index (χ4n) is 1.53. The van der Waals surface area contributed by atoms with Gasteiger partial charge in [0.25, 0.3) is 5.91 Å². The van der Waals surface area contributed by atoms with Gasteiger partial charge in [0.05, 0.1) is 12.4 Å². The van der Waals surface area contributed by atoms with Crippen LogP contribution in [0.5, 0.6) is 0 Å². The van der Waals surface area contributed by atoms with Crippen molar-refractivity contribution in [3.63, 3.8) is 0 Å². The fourth-order valence-corrected chi connectivity index (χ4v) is 1.53. The summed E-state index contributed by atoms with van der Waals surface area (Å²) >= 11 is 0. The van der Waals surface area contributed by atoms with Crippen LogP contribution in [0.2, 0.25) is 0 Å². The van der Waals surface area contributed by atoms with Crippen molar-refractivity contribution in [2.75, 3.05) is 6.67 Å². The minimum Gasteiger partial charge on any atom is -0.339 e. The van der Waals surface area contributed by atoms with Crippen LogP contribution >= 0.6 is 0 Å². The summed E-state index contributed by atoms with van der Waals surface area (Å²) in [6.07, 6.45) is 1.75. The van der Waals surface area contributed by atoms with Crippen LogP contribution < -0.4 is 10.6 Å². The van der Waals surface area contributed by atoms with Crippen LogP contribution in [0.25, 0.3) is 0 Å². The Morgan fingerprint density at radius 1 is 1.06 bits per heavy atom. The maximum Gasteiger partial charge on any atom is 0.252 e. The number of nitrogens with one attached hydrogen (secondary N) is 2. The number of benzene rings is 1. The number of pyridine rings is 1. The molecular weight excluding hydrogens is 226 g/mol. The van der Waals surface area contributed by atoms with Gasteiger partial charge in [0.15, 0.2) is 0 Å². The average Bonchev–Trinajstić information content (AvgIpc) is 2.45. The van der Waals surface area contributed by atoms with Crippen LogP contribution in [-0.2, 0) is 6.54 Å². The molecule has 0 aliphatic heterocycles. The zero-order valence-corrected chi connectivity index (χ0v) is 9.97. The lowest BCUT2D eigenvalue weighted by Crippen LogP contribution is -2.33. The summed E-state index contributed by atoms with van der Waals surface area (Å²) in [6.45, 7) is 1.06. The smallest absolute Gasteiger partial charge is 0.252 e. The number of rotatable bonds is 5. The Hall–Kier alpha value is -2.20. The summed E-state index contributed by atoms with van der Waals surface area (Å²) in [6, 6.07) is 14.9. The summed E-state index contributed by atoms with van der Waals surface area (Å²) in [4.78, 5) is 15.9. The van der Waals surface area contributed by atoms with E-state index in [1.807, 2.05) is 36.4 Å². The number of hydrogen-bond donors (Lipinski definition) is 2. The number of aromatic nitrogens is 1. The summed E-state index contributed by atoms with van der Waals surface area (Å²) in [5, 5.41) is 5.90. The van der Waals surface area contributed by atoms with Crippen LogP contribution in [-0.4, -0.2) is 17.6 Å². The quantitative estimate of drug-likeness (QED) is 0.617. The zero-order chi connectivity index (χ0) is 12.6. The Morgan fingerprint density at radius 3 is 2.56 bits per heavy atom. The molecule has 0 aliphatic carbocycles. The van der Waals surface area contributed by atoms with Crippen molar-refractivity contribution in [3.05, 3.63) is 66.0 Å². The van der Waals surface area contributed by atoms with Crippen LogP contribution in [0, 0.1) is 0 Å². The number of amides is 1. The first-order valence-electron chi connectivity index (χ1n) is 5.80. The van der Waals surface area contributed by atoms with Gasteiger partial charge in [-0.05, 0) is 24.3 Å². The molecule has 0 atom stereocenters. The highest BCUT2D eigenvalue weighted by Crippen LogP contribution is 1.97. The van der Waals surface area contributed by atoms with Gasteiger partial charge in [-0.2, -0.15) is 0 Å². The molecule has 0 fully saturated rings. The predicted octanol–water partition coefficient (Wildman–Crippen LogP) is 1.56. The summed E-state index contributed by atoms with van der Waals surface area (Å²) in [5.74, 6) is -0.0795. The van der Waals surface area contributed by atoms with Crippen molar-refractivity contribution in [2.45, 2.75) is 6.54 Å². The minimum absolute atomic E-state index is 0.0795. The van der Waals surface area contributed by atoms with Gasteiger partial charge in [-0.1, -0.05) is 24.3 Å². The Balaban J connectivity index is 1.72. The Morgan fingerprint density at radius 2 is 1.83 bits per heavy atom. The molecule has 0 saturated carbocycles. The molecule has 1 heterocycles. The molecule has 2 N–H and O–H groups in total. The van der Waals surface area contributed by atoms with E-state index in [4.69, 9.17) is 0 Å². The molecule has 0 spiro atoms. The van der Waals surface area contributed by atoms with Crippen molar-refractivity contribution >= 4 is 5.91 Å². The molecule has 0 unspecified atom stereocenters. The first-order valence-corrected chi connectivity index (χ1v) is 5.80. The summed E-state index contributed by atoms with van der Waals surface area (Å²) in [5.41, 5.74) is 1.61. The molecule has 1 amide bonds. The van der Waals surface area contributed by atoms with E-state index in [0.29, 0.717) is 18.8 Å². The third kappa shape index (κ3) is 3.68. The maximum atomic E-state index is 11.7. The molecule has 1 aromatic heterocycles. The average molecular weight is 241 g/mol. The Kier molecular flexibility index (Phi) is 4.44. The van der Waals surface area contributed by atoms with Crippen LogP contribution in [0.4, 0.5) is 0 Å². The Bertz CT molecular complexity index is 485. The van der Waals surface area contributed by atoms with Crippen LogP contribution in [0.3, 0.4) is 0 Å². The summed E-state index contributed by atoms with van der Waals surface area (Å²) < 4.78 is 0. The van der Waals surface area contributed by atoms with Crippen LogP contribution in [0.15, 0.2) is 54.7 Å². The van der Waals surface area contributed by atoms with E-state index in [9.17, 15) is 4.79 Å². The van der Waals surface area contributed by atoms with E-state index in [1.54, 1.807) is 18.3 Å². The molecule has 2 aromatic rings. The molecule has 92 valence electrons. The maximum absolute atomic E-state index is 11.7. The SMILES string of the molecule is O=C(NCNCc1ccccn1)c1ccccc1. The lowest BCUT2D eigenvalue weighted by Gasteiger charge is -2.06. The zero-order valence-electron chi connectivity index (χ0n) is 9.97. The van der Waals surface area contributed by atoms with E-state index in [1.165, 1.54) is 0 Å². The van der Waals surface area contributed by atoms with Gasteiger partial charge in [0, 0.05) is 18.3 Å². The monoisotopic (exact) mass is 241 g/mol. The van der Waals surface area contributed by atoms with Crippen molar-refractivity contribution in [1.82, 2.24) is 15.6 Å². The molecule has 0 saturated heterocycles. The molecule has 1 aromatic carbocycles. The number of nitrogens with zero attached hydrogens (tertiary/aromatic N) is 1. The van der Waals surface area contributed by atoms with Gasteiger partial charge >= 0.3 is 0 Å². The second-order valence-electron chi connectivity index (χ2n) is 3.80. The van der Waals surface area contributed by atoms with Crippen molar-refractivity contribution in [1.29, 1.82) is 0 Å². The van der Waals surface area contributed by atoms with Gasteiger partial charge in [-0.3, -0.25) is 15.1 Å². The molecule has 4 heteroatoms. The second-order valence-corrected chi connectivity index (χ2v) is 3.80. The van der Waals surface area contributed by atoms with Gasteiger partial charge in [0.1, 0.15) is 0 Å². The van der Waals surface area contributed by atoms with Crippen molar-refractivity contribution in [2.24, 2.45) is 0 Å². The highest BCUT2D eigenvalue weighted by Gasteiger charge is 2.02. The van der Waals surface area contributed by atoms with Gasteiger partial charge in [0.2, 0.25) is 0 Å². The number of hydrogen-bond acceptors (Lipinski definition) is 3. The third-order valence-electron chi connectivity index (χ3n) is 2.44. The van der Waals surface area contributed by atoms with Gasteiger partial charge < -0.3 is 5.32 Å².